The minimum absolute atomic E-state index is 0.251. The van der Waals surface area contributed by atoms with Gasteiger partial charge in [0.15, 0.2) is 0 Å². The first-order chi connectivity index (χ1) is 14.5. The summed E-state index contributed by atoms with van der Waals surface area (Å²) < 4.78 is 1.70. The molecule has 0 saturated carbocycles. The zero-order valence-corrected chi connectivity index (χ0v) is 16.7. The highest BCUT2D eigenvalue weighted by molar-refractivity contribution is 6.03. The van der Waals surface area contributed by atoms with Gasteiger partial charge in [0.05, 0.1) is 0 Å². The number of piperidine rings is 1. The lowest BCUT2D eigenvalue weighted by molar-refractivity contribution is 0.0998. The van der Waals surface area contributed by atoms with Crippen molar-refractivity contribution in [1.82, 2.24) is 19.5 Å². The first-order valence-electron chi connectivity index (χ1n) is 9.82. The maximum Gasteiger partial charge on any atom is 0.275 e. The van der Waals surface area contributed by atoms with Crippen LogP contribution in [0.1, 0.15) is 40.6 Å². The fourth-order valence-corrected chi connectivity index (χ4v) is 3.37. The average Bonchev–Trinajstić information content (AvgIpc) is 3.25. The highest BCUT2D eigenvalue weighted by Crippen LogP contribution is 2.22. The molecule has 2 aromatic heterocycles. The molecule has 0 atom stereocenters. The number of nitrogens with zero attached hydrogens (tertiary/aromatic N) is 5. The molecule has 4 rings (SSSR count). The van der Waals surface area contributed by atoms with Crippen molar-refractivity contribution in [1.29, 1.82) is 0 Å². The molecule has 154 valence electrons. The van der Waals surface area contributed by atoms with Gasteiger partial charge in [0.2, 0.25) is 5.91 Å². The summed E-state index contributed by atoms with van der Waals surface area (Å²) in [6.45, 7) is 4.22. The Morgan fingerprint density at radius 2 is 1.77 bits per heavy atom. The third kappa shape index (κ3) is 4.29. The van der Waals surface area contributed by atoms with Crippen LogP contribution in [0.2, 0.25) is 0 Å². The second-order valence-electron chi connectivity index (χ2n) is 7.47. The zero-order valence-electron chi connectivity index (χ0n) is 16.7. The van der Waals surface area contributed by atoms with E-state index < -0.39 is 5.91 Å². The van der Waals surface area contributed by atoms with Gasteiger partial charge in [0.25, 0.3) is 5.91 Å². The predicted octanol–water partition coefficient (Wildman–Crippen LogP) is 2.25. The SMILES string of the molecule is CC1CCN(c2cc(-n3cnc(C(=O)Nc4ccc(C(N)=O)cc4)c3)ncn2)CC1. The molecule has 9 heteroatoms. The number of hydrogen-bond acceptors (Lipinski definition) is 6. The Morgan fingerprint density at radius 1 is 1.07 bits per heavy atom. The summed E-state index contributed by atoms with van der Waals surface area (Å²) in [7, 11) is 0. The van der Waals surface area contributed by atoms with Gasteiger partial charge in [-0.25, -0.2) is 15.0 Å². The topological polar surface area (TPSA) is 119 Å². The van der Waals surface area contributed by atoms with E-state index in [4.69, 9.17) is 5.73 Å². The molecule has 0 spiro atoms. The third-order valence-corrected chi connectivity index (χ3v) is 5.25. The normalized spacial score (nSPS) is 14.5. The van der Waals surface area contributed by atoms with E-state index >= 15 is 0 Å². The molecule has 0 aliphatic carbocycles. The minimum Gasteiger partial charge on any atom is -0.366 e. The van der Waals surface area contributed by atoms with E-state index in [9.17, 15) is 9.59 Å². The minimum atomic E-state index is -0.519. The summed E-state index contributed by atoms with van der Waals surface area (Å²) in [4.78, 5) is 38.8. The number of benzene rings is 1. The van der Waals surface area contributed by atoms with Crippen LogP contribution >= 0.6 is 0 Å². The van der Waals surface area contributed by atoms with Gasteiger partial charge >= 0.3 is 0 Å². The molecule has 3 N–H and O–H groups in total. The van der Waals surface area contributed by atoms with E-state index in [0.717, 1.165) is 37.7 Å². The van der Waals surface area contributed by atoms with Crippen molar-refractivity contribution in [3.05, 3.63) is 60.4 Å². The van der Waals surface area contributed by atoms with Crippen molar-refractivity contribution in [2.24, 2.45) is 11.7 Å². The Bertz CT molecular complexity index is 1050. The van der Waals surface area contributed by atoms with Crippen LogP contribution in [0.3, 0.4) is 0 Å². The number of carbonyl (C=O) groups excluding carboxylic acids is 2. The molecule has 30 heavy (non-hydrogen) atoms. The van der Waals surface area contributed by atoms with E-state index in [1.54, 1.807) is 41.4 Å². The average molecular weight is 405 g/mol. The molecular formula is C21H23N7O2. The monoisotopic (exact) mass is 405 g/mol. The standard InChI is InChI=1S/C21H23N7O2/c1-14-6-8-27(9-7-14)18-10-19(24-12-23-18)28-11-17(25-13-28)21(30)26-16-4-2-15(3-5-16)20(22)29/h2-5,10-14H,6-9H2,1H3,(H2,22,29)(H,26,30). The molecule has 1 aliphatic rings. The number of nitrogens with two attached hydrogens (primary N) is 1. The molecule has 9 nitrogen and oxygen atoms in total. The lowest BCUT2D eigenvalue weighted by Gasteiger charge is -2.31. The number of nitrogens with one attached hydrogen (secondary N) is 1. The zero-order chi connectivity index (χ0) is 21.1. The number of anilines is 2. The van der Waals surface area contributed by atoms with Crippen molar-refractivity contribution in [3.8, 4) is 5.82 Å². The van der Waals surface area contributed by atoms with Crippen LogP contribution < -0.4 is 16.0 Å². The molecule has 0 bridgehead atoms. The van der Waals surface area contributed by atoms with Crippen molar-refractivity contribution in [3.63, 3.8) is 0 Å². The van der Waals surface area contributed by atoms with E-state index in [1.165, 1.54) is 6.33 Å². The van der Waals surface area contributed by atoms with Gasteiger partial charge in [0, 0.05) is 36.6 Å². The highest BCUT2D eigenvalue weighted by atomic mass is 16.2. The van der Waals surface area contributed by atoms with Crippen molar-refractivity contribution >= 4 is 23.3 Å². The lowest BCUT2D eigenvalue weighted by atomic mass is 9.99. The summed E-state index contributed by atoms with van der Waals surface area (Å²) in [5.74, 6) is 1.39. The number of amides is 2. The van der Waals surface area contributed by atoms with Crippen LogP contribution in [0.5, 0.6) is 0 Å². The Balaban J connectivity index is 1.46. The quantitative estimate of drug-likeness (QED) is 0.672. The summed E-state index contributed by atoms with van der Waals surface area (Å²) in [5, 5.41) is 2.75. The Hall–Kier alpha value is -3.75. The van der Waals surface area contributed by atoms with E-state index in [2.05, 4.69) is 32.1 Å². The van der Waals surface area contributed by atoms with Crippen molar-refractivity contribution in [2.75, 3.05) is 23.3 Å². The Morgan fingerprint density at radius 3 is 2.47 bits per heavy atom. The number of carbonyl (C=O) groups is 2. The van der Waals surface area contributed by atoms with Crippen molar-refractivity contribution < 1.29 is 9.59 Å². The first kappa shape index (κ1) is 19.6. The van der Waals surface area contributed by atoms with Gasteiger partial charge < -0.3 is 16.0 Å². The molecule has 3 heterocycles. The maximum absolute atomic E-state index is 12.5. The van der Waals surface area contributed by atoms with Gasteiger partial charge in [-0.05, 0) is 43.0 Å². The van der Waals surface area contributed by atoms with Gasteiger partial charge in [-0.1, -0.05) is 6.92 Å². The predicted molar refractivity (Wildman–Crippen MR) is 113 cm³/mol. The highest BCUT2D eigenvalue weighted by Gasteiger charge is 2.18. The van der Waals surface area contributed by atoms with Crippen LogP contribution in [0, 0.1) is 5.92 Å². The van der Waals surface area contributed by atoms with Crippen LogP contribution in [0.15, 0.2) is 49.2 Å². The van der Waals surface area contributed by atoms with Gasteiger partial charge in [-0.15, -0.1) is 0 Å². The van der Waals surface area contributed by atoms with Crippen molar-refractivity contribution in [2.45, 2.75) is 19.8 Å². The first-order valence-corrected chi connectivity index (χ1v) is 9.82. The fourth-order valence-electron chi connectivity index (χ4n) is 3.37. The molecule has 2 amide bonds. The second-order valence-corrected chi connectivity index (χ2v) is 7.47. The van der Waals surface area contributed by atoms with E-state index in [0.29, 0.717) is 17.1 Å². The molecule has 3 aromatic rings. The van der Waals surface area contributed by atoms with Crippen LogP contribution in [-0.2, 0) is 0 Å². The van der Waals surface area contributed by atoms with Crippen LogP contribution in [0.25, 0.3) is 5.82 Å². The second kappa shape index (κ2) is 8.32. The summed E-state index contributed by atoms with van der Waals surface area (Å²) in [6, 6.07) is 8.25. The molecule has 1 saturated heterocycles. The van der Waals surface area contributed by atoms with E-state index in [1.807, 2.05) is 6.07 Å². The van der Waals surface area contributed by atoms with E-state index in [-0.39, 0.29) is 11.6 Å². The number of hydrogen-bond donors (Lipinski definition) is 2. The van der Waals surface area contributed by atoms with Gasteiger partial charge in [0.1, 0.15) is 30.0 Å². The fraction of sp³-hybridized carbons (Fsp3) is 0.286. The molecular weight excluding hydrogens is 382 g/mol. The van der Waals surface area contributed by atoms with Crippen LogP contribution in [0.4, 0.5) is 11.5 Å². The third-order valence-electron chi connectivity index (χ3n) is 5.25. The number of primary amides is 1. The Kier molecular flexibility index (Phi) is 5.42. The number of rotatable bonds is 5. The largest absolute Gasteiger partial charge is 0.366 e. The molecule has 0 radical (unpaired) electrons. The Labute approximate surface area is 174 Å². The summed E-state index contributed by atoms with van der Waals surface area (Å²) in [6.07, 6.45) is 7.00. The van der Waals surface area contributed by atoms with Gasteiger partial charge in [-0.3, -0.25) is 14.2 Å². The summed E-state index contributed by atoms with van der Waals surface area (Å²) in [5.41, 5.74) is 6.40. The smallest absolute Gasteiger partial charge is 0.275 e. The summed E-state index contributed by atoms with van der Waals surface area (Å²) >= 11 is 0. The molecule has 1 aromatic carbocycles. The molecule has 1 fully saturated rings. The van der Waals surface area contributed by atoms with Gasteiger partial charge in [-0.2, -0.15) is 0 Å². The maximum atomic E-state index is 12.5. The molecule has 0 unspecified atom stereocenters. The molecule has 1 aliphatic heterocycles. The van der Waals surface area contributed by atoms with Crippen LogP contribution in [-0.4, -0.2) is 44.4 Å². The number of aromatic nitrogens is 4. The number of imidazole rings is 1. The lowest BCUT2D eigenvalue weighted by Crippen LogP contribution is -2.33.